The van der Waals surface area contributed by atoms with Crippen molar-refractivity contribution >= 4 is 23.1 Å². The lowest BCUT2D eigenvalue weighted by Gasteiger charge is -2.23. The molecule has 2 heterocycles. The molecule has 0 spiro atoms. The van der Waals surface area contributed by atoms with E-state index in [9.17, 15) is 4.79 Å². The quantitative estimate of drug-likeness (QED) is 0.760. The molecule has 0 aliphatic carbocycles. The molecule has 2 amide bonds. The van der Waals surface area contributed by atoms with E-state index in [4.69, 9.17) is 0 Å². The lowest BCUT2D eigenvalue weighted by molar-refractivity contribution is 0.241. The molecule has 0 saturated heterocycles. The Bertz CT molecular complexity index is 838. The lowest BCUT2D eigenvalue weighted by Crippen LogP contribution is -2.43. The molecule has 3 rings (SSSR count). The van der Waals surface area contributed by atoms with Crippen molar-refractivity contribution in [1.29, 1.82) is 0 Å². The number of nitrogens with one attached hydrogen (secondary N) is 2. The lowest BCUT2D eigenvalue weighted by atomic mass is 10.1. The summed E-state index contributed by atoms with van der Waals surface area (Å²) in [4.78, 5) is 16.7. The highest BCUT2D eigenvalue weighted by molar-refractivity contribution is 7.09. The first-order valence-corrected chi connectivity index (χ1v) is 8.44. The van der Waals surface area contributed by atoms with Crippen molar-refractivity contribution in [3.05, 3.63) is 58.8 Å². The molecule has 0 saturated carbocycles. The van der Waals surface area contributed by atoms with E-state index in [1.54, 1.807) is 17.1 Å². The summed E-state index contributed by atoms with van der Waals surface area (Å²) in [5.74, 6) is 0. The number of nitrogens with zero attached hydrogens (tertiary/aromatic N) is 3. The average Bonchev–Trinajstić information content (AvgIpc) is 3.17. The van der Waals surface area contributed by atoms with Gasteiger partial charge in [-0.15, -0.1) is 11.3 Å². The van der Waals surface area contributed by atoms with Crippen LogP contribution in [0.2, 0.25) is 0 Å². The molecule has 124 valence electrons. The van der Waals surface area contributed by atoms with Crippen molar-refractivity contribution in [3.8, 4) is 5.69 Å². The number of hydrogen-bond donors (Lipinski definition) is 2. The van der Waals surface area contributed by atoms with Crippen LogP contribution in [-0.4, -0.2) is 20.8 Å². The highest BCUT2D eigenvalue weighted by Crippen LogP contribution is 2.23. The highest BCUT2D eigenvalue weighted by Gasteiger charge is 2.26. The van der Waals surface area contributed by atoms with Crippen LogP contribution in [0.5, 0.6) is 0 Å². The molecular formula is C17H19N5OS. The van der Waals surface area contributed by atoms with Crippen LogP contribution < -0.4 is 10.6 Å². The minimum Gasteiger partial charge on any atom is -0.326 e. The fraction of sp³-hybridized carbons (Fsp3) is 0.235. The van der Waals surface area contributed by atoms with Crippen LogP contribution in [0.1, 0.15) is 24.5 Å². The van der Waals surface area contributed by atoms with Gasteiger partial charge in [-0.3, -0.25) is 0 Å². The fourth-order valence-corrected chi connectivity index (χ4v) is 3.13. The van der Waals surface area contributed by atoms with Gasteiger partial charge >= 0.3 is 6.03 Å². The number of urea groups is 1. The van der Waals surface area contributed by atoms with Crippen molar-refractivity contribution in [1.82, 2.24) is 20.1 Å². The van der Waals surface area contributed by atoms with E-state index in [1.807, 2.05) is 56.5 Å². The van der Waals surface area contributed by atoms with Crippen LogP contribution in [0.4, 0.5) is 10.5 Å². The molecule has 24 heavy (non-hydrogen) atoms. The molecule has 2 aromatic heterocycles. The molecule has 0 aliphatic heterocycles. The molecule has 0 bridgehead atoms. The Balaban J connectivity index is 1.66. The van der Waals surface area contributed by atoms with Gasteiger partial charge in [0, 0.05) is 11.1 Å². The number of thiazole rings is 1. The summed E-state index contributed by atoms with van der Waals surface area (Å²) in [7, 11) is 0. The van der Waals surface area contributed by atoms with Crippen molar-refractivity contribution in [3.63, 3.8) is 0 Å². The normalized spacial score (nSPS) is 11.3. The SMILES string of the molecule is Cc1csc(C(C)(C)NC(=O)Nc2cnn(-c3ccccc3)c2)n1. The molecular weight excluding hydrogens is 322 g/mol. The number of aryl methyl sites for hydroxylation is 1. The van der Waals surface area contributed by atoms with Gasteiger partial charge in [0.2, 0.25) is 0 Å². The van der Waals surface area contributed by atoms with Gasteiger partial charge in [0.05, 0.1) is 29.3 Å². The standard InChI is InChI=1S/C17H19N5OS/c1-12-11-24-15(19-12)17(2,3)21-16(23)20-13-9-18-22(10-13)14-7-5-4-6-8-14/h4-11H,1-3H3,(H2,20,21,23). The smallest absolute Gasteiger partial charge is 0.320 e. The fourth-order valence-electron chi connectivity index (χ4n) is 2.25. The molecule has 2 N–H and O–H groups in total. The number of para-hydroxylation sites is 1. The summed E-state index contributed by atoms with van der Waals surface area (Å²) in [5.41, 5.74) is 1.97. The predicted molar refractivity (Wildman–Crippen MR) is 95.6 cm³/mol. The summed E-state index contributed by atoms with van der Waals surface area (Å²) >= 11 is 1.54. The van der Waals surface area contributed by atoms with E-state index in [0.29, 0.717) is 5.69 Å². The summed E-state index contributed by atoms with van der Waals surface area (Å²) in [6, 6.07) is 9.43. The molecule has 7 heteroatoms. The van der Waals surface area contributed by atoms with Crippen LogP contribution >= 0.6 is 11.3 Å². The Hall–Kier alpha value is -2.67. The van der Waals surface area contributed by atoms with Crippen LogP contribution in [0.3, 0.4) is 0 Å². The molecule has 0 atom stereocenters. The Kier molecular flexibility index (Phi) is 4.35. The molecule has 1 aromatic carbocycles. The third-order valence-corrected chi connectivity index (χ3v) is 4.72. The molecule has 0 radical (unpaired) electrons. The second kappa shape index (κ2) is 6.45. The van der Waals surface area contributed by atoms with Crippen molar-refractivity contribution in [2.75, 3.05) is 5.32 Å². The highest BCUT2D eigenvalue weighted by atomic mass is 32.1. The van der Waals surface area contributed by atoms with Crippen LogP contribution in [0, 0.1) is 6.92 Å². The Labute approximate surface area is 144 Å². The van der Waals surface area contributed by atoms with E-state index < -0.39 is 5.54 Å². The van der Waals surface area contributed by atoms with Gasteiger partial charge in [-0.1, -0.05) is 18.2 Å². The maximum Gasteiger partial charge on any atom is 0.320 e. The topological polar surface area (TPSA) is 71.8 Å². The largest absolute Gasteiger partial charge is 0.326 e. The monoisotopic (exact) mass is 341 g/mol. The number of anilines is 1. The molecule has 6 nitrogen and oxygen atoms in total. The Morgan fingerprint density at radius 2 is 2.00 bits per heavy atom. The van der Waals surface area contributed by atoms with Gasteiger partial charge < -0.3 is 10.6 Å². The molecule has 0 unspecified atom stereocenters. The zero-order valence-electron chi connectivity index (χ0n) is 13.8. The number of hydrogen-bond acceptors (Lipinski definition) is 4. The summed E-state index contributed by atoms with van der Waals surface area (Å²) in [6.45, 7) is 5.80. The van der Waals surface area contributed by atoms with Gasteiger partial charge in [0.1, 0.15) is 5.01 Å². The van der Waals surface area contributed by atoms with Gasteiger partial charge in [0.15, 0.2) is 0 Å². The van der Waals surface area contributed by atoms with Crippen LogP contribution in [-0.2, 0) is 5.54 Å². The maximum atomic E-state index is 12.3. The third-order valence-electron chi connectivity index (χ3n) is 3.44. The van der Waals surface area contributed by atoms with E-state index in [0.717, 1.165) is 16.4 Å². The Morgan fingerprint density at radius 3 is 2.67 bits per heavy atom. The number of carbonyl (C=O) groups excluding carboxylic acids is 1. The van der Waals surface area contributed by atoms with Gasteiger partial charge in [-0.25, -0.2) is 14.5 Å². The van der Waals surface area contributed by atoms with Crippen molar-refractivity contribution < 1.29 is 4.79 Å². The summed E-state index contributed by atoms with van der Waals surface area (Å²) in [6.07, 6.45) is 3.39. The van der Waals surface area contributed by atoms with Gasteiger partial charge in [-0.2, -0.15) is 5.10 Å². The number of aromatic nitrogens is 3. The number of amides is 2. The van der Waals surface area contributed by atoms with Crippen molar-refractivity contribution in [2.24, 2.45) is 0 Å². The first-order valence-electron chi connectivity index (χ1n) is 7.56. The van der Waals surface area contributed by atoms with E-state index in [1.165, 1.54) is 11.3 Å². The van der Waals surface area contributed by atoms with Crippen LogP contribution in [0.25, 0.3) is 5.69 Å². The third kappa shape index (κ3) is 3.62. The van der Waals surface area contributed by atoms with E-state index >= 15 is 0 Å². The van der Waals surface area contributed by atoms with E-state index in [2.05, 4.69) is 20.7 Å². The van der Waals surface area contributed by atoms with Gasteiger partial charge in [0.25, 0.3) is 0 Å². The number of rotatable bonds is 4. The second-order valence-corrected chi connectivity index (χ2v) is 6.87. The first kappa shape index (κ1) is 16.2. The zero-order valence-corrected chi connectivity index (χ0v) is 14.6. The maximum absolute atomic E-state index is 12.3. The number of carbonyl (C=O) groups is 1. The second-order valence-electron chi connectivity index (χ2n) is 6.01. The van der Waals surface area contributed by atoms with Gasteiger partial charge in [-0.05, 0) is 32.9 Å². The molecule has 0 fully saturated rings. The van der Waals surface area contributed by atoms with Crippen LogP contribution in [0.15, 0.2) is 48.1 Å². The summed E-state index contributed by atoms with van der Waals surface area (Å²) < 4.78 is 1.71. The van der Waals surface area contributed by atoms with E-state index in [-0.39, 0.29) is 6.03 Å². The minimum absolute atomic E-state index is 0.291. The minimum atomic E-state index is -0.543. The molecule has 3 aromatic rings. The average molecular weight is 341 g/mol. The first-order chi connectivity index (χ1) is 11.4. The predicted octanol–water partition coefficient (Wildman–Crippen LogP) is 3.69. The zero-order chi connectivity index (χ0) is 17.2. The number of benzene rings is 1. The Morgan fingerprint density at radius 1 is 1.25 bits per heavy atom. The summed E-state index contributed by atoms with van der Waals surface area (Å²) in [5, 5.41) is 12.9. The van der Waals surface area contributed by atoms with Crippen molar-refractivity contribution in [2.45, 2.75) is 26.3 Å². The molecule has 0 aliphatic rings.